The highest BCUT2D eigenvalue weighted by atomic mass is 16.5. The van der Waals surface area contributed by atoms with E-state index in [1.807, 2.05) is 49.1 Å². The normalized spacial score (nSPS) is 13.9. The highest BCUT2D eigenvalue weighted by Gasteiger charge is 2.22. The minimum absolute atomic E-state index is 0.0151. The minimum Gasteiger partial charge on any atom is -0.483 e. The number of rotatable bonds is 5. The fourth-order valence-electron chi connectivity index (χ4n) is 3.65. The Morgan fingerprint density at radius 2 is 1.58 bits per heavy atom. The van der Waals surface area contributed by atoms with E-state index in [0.29, 0.717) is 13.1 Å². The summed E-state index contributed by atoms with van der Waals surface area (Å²) in [6, 6.07) is 18.3. The zero-order valence-corrected chi connectivity index (χ0v) is 18.3. The molecule has 0 N–H and O–H groups in total. The van der Waals surface area contributed by atoms with Crippen molar-refractivity contribution < 1.29 is 9.53 Å². The van der Waals surface area contributed by atoms with E-state index in [4.69, 9.17) is 4.74 Å². The van der Waals surface area contributed by atoms with Gasteiger partial charge in [0, 0.05) is 31.7 Å². The Hall–Kier alpha value is -3.41. The molecule has 0 radical (unpaired) electrons. The number of ether oxygens (including phenoxy) is 1. The molecule has 1 aliphatic heterocycles. The number of benzene rings is 2. The van der Waals surface area contributed by atoms with Gasteiger partial charge in [0.05, 0.1) is 5.69 Å². The summed E-state index contributed by atoms with van der Waals surface area (Å²) in [5.41, 5.74) is 5.30. The number of carbonyl (C=O) groups excluding carboxylic acids is 1. The van der Waals surface area contributed by atoms with Gasteiger partial charge < -0.3 is 14.5 Å². The van der Waals surface area contributed by atoms with E-state index in [9.17, 15) is 4.79 Å². The lowest BCUT2D eigenvalue weighted by Crippen LogP contribution is -2.50. The first-order valence-electron chi connectivity index (χ1n) is 10.6. The maximum atomic E-state index is 12.6. The van der Waals surface area contributed by atoms with Crippen LogP contribution in [0, 0.1) is 20.8 Å². The van der Waals surface area contributed by atoms with Gasteiger partial charge in [0.2, 0.25) is 0 Å². The van der Waals surface area contributed by atoms with Crippen molar-refractivity contribution in [2.24, 2.45) is 0 Å². The highest BCUT2D eigenvalue weighted by molar-refractivity contribution is 5.78. The Balaban J connectivity index is 1.30. The van der Waals surface area contributed by atoms with E-state index >= 15 is 0 Å². The maximum absolute atomic E-state index is 12.6. The molecule has 1 saturated heterocycles. The first-order valence-corrected chi connectivity index (χ1v) is 10.6. The second kappa shape index (κ2) is 9.16. The molecule has 0 aliphatic carbocycles. The third-order valence-electron chi connectivity index (χ3n) is 5.65. The van der Waals surface area contributed by atoms with Crippen molar-refractivity contribution in [3.05, 3.63) is 71.3 Å². The Bertz CT molecular complexity index is 1040. The van der Waals surface area contributed by atoms with Gasteiger partial charge in [0.1, 0.15) is 5.75 Å². The van der Waals surface area contributed by atoms with Gasteiger partial charge in [0.15, 0.2) is 12.4 Å². The third-order valence-corrected chi connectivity index (χ3v) is 5.65. The lowest BCUT2D eigenvalue weighted by Gasteiger charge is -2.35. The summed E-state index contributed by atoms with van der Waals surface area (Å²) in [4.78, 5) is 16.6. The Labute approximate surface area is 183 Å². The van der Waals surface area contributed by atoms with Gasteiger partial charge in [-0.3, -0.25) is 4.79 Å². The van der Waals surface area contributed by atoms with Crippen LogP contribution in [0.2, 0.25) is 0 Å². The number of anilines is 1. The molecule has 0 spiro atoms. The van der Waals surface area contributed by atoms with Gasteiger partial charge in [0.25, 0.3) is 5.91 Å². The van der Waals surface area contributed by atoms with Crippen LogP contribution in [0.4, 0.5) is 5.82 Å². The lowest BCUT2D eigenvalue weighted by atomic mass is 10.1. The summed E-state index contributed by atoms with van der Waals surface area (Å²) in [6.07, 6.45) is 0. The number of amides is 1. The van der Waals surface area contributed by atoms with Gasteiger partial charge in [-0.1, -0.05) is 42.0 Å². The fraction of sp³-hybridized carbons (Fsp3) is 0.320. The molecule has 1 aromatic heterocycles. The van der Waals surface area contributed by atoms with Crippen LogP contribution in [0.15, 0.2) is 54.6 Å². The minimum atomic E-state index is 0.0151. The molecule has 0 atom stereocenters. The van der Waals surface area contributed by atoms with E-state index in [2.05, 4.69) is 46.3 Å². The number of nitrogens with zero attached hydrogens (tertiary/aromatic N) is 4. The molecule has 0 saturated carbocycles. The summed E-state index contributed by atoms with van der Waals surface area (Å²) in [6.45, 7) is 8.90. The quantitative estimate of drug-likeness (QED) is 0.633. The zero-order valence-electron chi connectivity index (χ0n) is 18.3. The topological polar surface area (TPSA) is 58.6 Å². The average Bonchev–Trinajstić information content (AvgIpc) is 2.80. The van der Waals surface area contributed by atoms with E-state index < -0.39 is 0 Å². The van der Waals surface area contributed by atoms with Crippen LogP contribution >= 0.6 is 0 Å². The second-order valence-electron chi connectivity index (χ2n) is 8.07. The molecule has 1 aliphatic rings. The number of aryl methyl sites for hydroxylation is 3. The monoisotopic (exact) mass is 416 g/mol. The Morgan fingerprint density at radius 3 is 2.26 bits per heavy atom. The highest BCUT2D eigenvalue weighted by Crippen LogP contribution is 2.21. The third kappa shape index (κ3) is 5.02. The first-order chi connectivity index (χ1) is 15.0. The molecule has 31 heavy (non-hydrogen) atoms. The number of aromatic nitrogens is 2. The molecular weight excluding hydrogens is 388 g/mol. The number of piperazine rings is 1. The molecule has 6 nitrogen and oxygen atoms in total. The van der Waals surface area contributed by atoms with Crippen LogP contribution in [0.1, 0.15) is 16.7 Å². The molecule has 160 valence electrons. The van der Waals surface area contributed by atoms with E-state index in [0.717, 1.165) is 47.0 Å². The van der Waals surface area contributed by atoms with E-state index in [1.54, 1.807) is 0 Å². The Kier molecular flexibility index (Phi) is 6.16. The second-order valence-corrected chi connectivity index (χ2v) is 8.07. The SMILES string of the molecule is Cc1ccc(-c2ccc(N3CCN(C(=O)COc4cc(C)ccc4C)CC3)nn2)cc1. The molecule has 6 heteroatoms. The molecule has 2 heterocycles. The van der Waals surface area contributed by atoms with Gasteiger partial charge in [-0.2, -0.15) is 0 Å². The van der Waals surface area contributed by atoms with Crippen molar-refractivity contribution in [1.29, 1.82) is 0 Å². The molecule has 0 bridgehead atoms. The number of hydrogen-bond acceptors (Lipinski definition) is 5. The van der Waals surface area contributed by atoms with Crippen LogP contribution in [-0.2, 0) is 4.79 Å². The van der Waals surface area contributed by atoms with Gasteiger partial charge in [-0.25, -0.2) is 0 Å². The van der Waals surface area contributed by atoms with Crippen molar-refractivity contribution in [2.45, 2.75) is 20.8 Å². The van der Waals surface area contributed by atoms with Crippen molar-refractivity contribution in [1.82, 2.24) is 15.1 Å². The van der Waals surface area contributed by atoms with Crippen LogP contribution in [0.5, 0.6) is 5.75 Å². The van der Waals surface area contributed by atoms with Gasteiger partial charge >= 0.3 is 0 Å². The maximum Gasteiger partial charge on any atom is 0.260 e. The van der Waals surface area contributed by atoms with Crippen LogP contribution in [-0.4, -0.2) is 53.8 Å². The molecule has 0 unspecified atom stereocenters. The van der Waals surface area contributed by atoms with Crippen molar-refractivity contribution in [2.75, 3.05) is 37.7 Å². The number of carbonyl (C=O) groups is 1. The van der Waals surface area contributed by atoms with Gasteiger partial charge in [-0.05, 0) is 50.1 Å². The molecule has 3 aromatic rings. The summed E-state index contributed by atoms with van der Waals surface area (Å²) in [5.74, 6) is 1.63. The average molecular weight is 417 g/mol. The summed E-state index contributed by atoms with van der Waals surface area (Å²) >= 11 is 0. The predicted octanol–water partition coefficient (Wildman–Crippen LogP) is 3.80. The van der Waals surface area contributed by atoms with E-state index in [1.165, 1.54) is 5.56 Å². The van der Waals surface area contributed by atoms with Gasteiger partial charge in [-0.15, -0.1) is 10.2 Å². The zero-order chi connectivity index (χ0) is 21.8. The van der Waals surface area contributed by atoms with Crippen LogP contribution in [0.3, 0.4) is 0 Å². The summed E-state index contributed by atoms with van der Waals surface area (Å²) in [7, 11) is 0. The standard InChI is InChI=1S/C25H28N4O2/c1-18-5-8-21(9-6-18)22-10-11-24(27-26-22)28-12-14-29(15-13-28)25(30)17-31-23-16-19(2)4-7-20(23)3/h4-11,16H,12-15,17H2,1-3H3. The van der Waals surface area contributed by atoms with Crippen molar-refractivity contribution in [3.8, 4) is 17.0 Å². The summed E-state index contributed by atoms with van der Waals surface area (Å²) in [5, 5.41) is 8.81. The molecule has 4 rings (SSSR count). The molecule has 1 fully saturated rings. The first kappa shape index (κ1) is 20.8. The molecule has 2 aromatic carbocycles. The van der Waals surface area contributed by atoms with Crippen LogP contribution in [0.25, 0.3) is 11.3 Å². The fourth-order valence-corrected chi connectivity index (χ4v) is 3.65. The largest absolute Gasteiger partial charge is 0.483 e. The smallest absolute Gasteiger partial charge is 0.260 e. The van der Waals surface area contributed by atoms with E-state index in [-0.39, 0.29) is 12.5 Å². The van der Waals surface area contributed by atoms with Crippen molar-refractivity contribution in [3.63, 3.8) is 0 Å². The molecule has 1 amide bonds. The van der Waals surface area contributed by atoms with Crippen molar-refractivity contribution >= 4 is 11.7 Å². The predicted molar refractivity (Wildman–Crippen MR) is 122 cm³/mol. The molecular formula is C25H28N4O2. The lowest BCUT2D eigenvalue weighted by molar-refractivity contribution is -0.133. The van der Waals surface area contributed by atoms with Crippen LogP contribution < -0.4 is 9.64 Å². The number of hydrogen-bond donors (Lipinski definition) is 0. The summed E-state index contributed by atoms with van der Waals surface area (Å²) < 4.78 is 5.78. The Morgan fingerprint density at radius 1 is 0.871 bits per heavy atom.